The molecule has 0 aliphatic carbocycles. The Balaban J connectivity index is 3.09. The molecule has 0 atom stereocenters. The van der Waals surface area contributed by atoms with Crippen molar-refractivity contribution in [1.82, 2.24) is 0 Å². The summed E-state index contributed by atoms with van der Waals surface area (Å²) >= 11 is 0. The van der Waals surface area contributed by atoms with Crippen LogP contribution in [0.1, 0.15) is 25.0 Å². The molecule has 0 saturated carbocycles. The number of carboxylic acid groups (broad SMARTS) is 1. The maximum absolute atomic E-state index is 11.1. The van der Waals surface area contributed by atoms with E-state index in [0.717, 1.165) is 22.6 Å². The first-order valence-electron chi connectivity index (χ1n) is 5.45. The second-order valence-electron chi connectivity index (χ2n) is 4.62. The van der Waals surface area contributed by atoms with Gasteiger partial charge in [0.25, 0.3) is 0 Å². The molecule has 1 aromatic rings. The van der Waals surface area contributed by atoms with Crippen LogP contribution in [-0.4, -0.2) is 23.7 Å². The van der Waals surface area contributed by atoms with Gasteiger partial charge in [-0.15, -0.1) is 0 Å². The lowest BCUT2D eigenvalue weighted by atomic mass is 10.0. The van der Waals surface area contributed by atoms with E-state index in [1.165, 1.54) is 0 Å². The van der Waals surface area contributed by atoms with E-state index in [9.17, 15) is 4.79 Å². The summed E-state index contributed by atoms with van der Waals surface area (Å²) in [4.78, 5) is 11.1. The first kappa shape index (κ1) is 13.4. The van der Waals surface area contributed by atoms with Gasteiger partial charge in [0, 0.05) is 5.69 Å². The van der Waals surface area contributed by atoms with E-state index in [2.05, 4.69) is 5.32 Å². The van der Waals surface area contributed by atoms with Crippen molar-refractivity contribution in [1.29, 1.82) is 0 Å². The fourth-order valence-corrected chi connectivity index (χ4v) is 1.54. The Bertz CT molecular complexity index is 439. The molecule has 0 fully saturated rings. The predicted octanol–water partition coefficient (Wildman–Crippen LogP) is 2.59. The van der Waals surface area contributed by atoms with Crippen LogP contribution in [0.5, 0.6) is 5.75 Å². The standard InChI is InChI=1S/C13H19NO3/c1-8-9(2)11(17-5)7-6-10(8)14-13(3,4)12(15)16/h6-7,14H,1-5H3,(H,15,16). The summed E-state index contributed by atoms with van der Waals surface area (Å²) in [5.74, 6) is -0.0773. The molecule has 1 aromatic carbocycles. The van der Waals surface area contributed by atoms with Gasteiger partial charge in [-0.05, 0) is 51.0 Å². The highest BCUT2D eigenvalue weighted by Gasteiger charge is 2.27. The molecule has 2 N–H and O–H groups in total. The van der Waals surface area contributed by atoms with Crippen molar-refractivity contribution >= 4 is 11.7 Å². The lowest BCUT2D eigenvalue weighted by Gasteiger charge is -2.24. The average Bonchev–Trinajstić information content (AvgIpc) is 2.25. The molecule has 94 valence electrons. The minimum atomic E-state index is -0.994. The summed E-state index contributed by atoms with van der Waals surface area (Å²) < 4.78 is 5.21. The zero-order chi connectivity index (χ0) is 13.2. The Hall–Kier alpha value is -1.71. The number of carboxylic acids is 1. The van der Waals surface area contributed by atoms with Crippen molar-refractivity contribution in [3.63, 3.8) is 0 Å². The third kappa shape index (κ3) is 2.70. The predicted molar refractivity (Wildman–Crippen MR) is 67.8 cm³/mol. The fourth-order valence-electron chi connectivity index (χ4n) is 1.54. The van der Waals surface area contributed by atoms with Crippen LogP contribution >= 0.6 is 0 Å². The van der Waals surface area contributed by atoms with Crippen molar-refractivity contribution in [3.8, 4) is 5.75 Å². The maximum atomic E-state index is 11.1. The van der Waals surface area contributed by atoms with Crippen LogP contribution in [-0.2, 0) is 4.79 Å². The molecule has 0 saturated heterocycles. The van der Waals surface area contributed by atoms with Crippen LogP contribution in [0.15, 0.2) is 12.1 Å². The van der Waals surface area contributed by atoms with E-state index < -0.39 is 11.5 Å². The van der Waals surface area contributed by atoms with Gasteiger partial charge < -0.3 is 15.2 Å². The van der Waals surface area contributed by atoms with Crippen LogP contribution < -0.4 is 10.1 Å². The largest absolute Gasteiger partial charge is 0.496 e. The number of ether oxygens (including phenoxy) is 1. The molecule has 0 aromatic heterocycles. The molecule has 0 bridgehead atoms. The SMILES string of the molecule is COc1ccc(NC(C)(C)C(=O)O)c(C)c1C. The molecule has 17 heavy (non-hydrogen) atoms. The molecule has 0 radical (unpaired) electrons. The van der Waals surface area contributed by atoms with Gasteiger partial charge in [-0.2, -0.15) is 0 Å². The lowest BCUT2D eigenvalue weighted by molar-refractivity contribution is -0.141. The van der Waals surface area contributed by atoms with E-state index >= 15 is 0 Å². The Labute approximate surface area is 102 Å². The monoisotopic (exact) mass is 237 g/mol. The molecule has 0 aliphatic heterocycles. The van der Waals surface area contributed by atoms with Crippen molar-refractivity contribution in [2.75, 3.05) is 12.4 Å². The molecule has 0 amide bonds. The number of anilines is 1. The highest BCUT2D eigenvalue weighted by atomic mass is 16.5. The molecule has 0 spiro atoms. The molecular weight excluding hydrogens is 218 g/mol. The third-order valence-electron chi connectivity index (χ3n) is 2.94. The summed E-state index contributed by atoms with van der Waals surface area (Å²) in [6, 6.07) is 3.68. The highest BCUT2D eigenvalue weighted by molar-refractivity contribution is 5.82. The topological polar surface area (TPSA) is 58.6 Å². The lowest BCUT2D eigenvalue weighted by Crippen LogP contribution is -2.40. The van der Waals surface area contributed by atoms with E-state index in [1.54, 1.807) is 21.0 Å². The van der Waals surface area contributed by atoms with E-state index in [4.69, 9.17) is 9.84 Å². The van der Waals surface area contributed by atoms with Crippen LogP contribution in [0.25, 0.3) is 0 Å². The smallest absolute Gasteiger partial charge is 0.328 e. The first-order chi connectivity index (χ1) is 7.79. The fraction of sp³-hybridized carbons (Fsp3) is 0.462. The second-order valence-corrected chi connectivity index (χ2v) is 4.62. The van der Waals surface area contributed by atoms with Gasteiger partial charge in [-0.3, -0.25) is 0 Å². The summed E-state index contributed by atoms with van der Waals surface area (Å²) in [7, 11) is 1.62. The van der Waals surface area contributed by atoms with Gasteiger partial charge in [0.05, 0.1) is 7.11 Å². The van der Waals surface area contributed by atoms with Crippen molar-refractivity contribution in [3.05, 3.63) is 23.3 Å². The average molecular weight is 237 g/mol. The van der Waals surface area contributed by atoms with Gasteiger partial charge in [-0.25, -0.2) is 4.79 Å². The number of aliphatic carboxylic acids is 1. The summed E-state index contributed by atoms with van der Waals surface area (Å²) in [5.41, 5.74) is 1.83. The van der Waals surface area contributed by atoms with Crippen LogP contribution in [0.2, 0.25) is 0 Å². The van der Waals surface area contributed by atoms with Gasteiger partial charge in [-0.1, -0.05) is 0 Å². The van der Waals surface area contributed by atoms with E-state index in [0.29, 0.717) is 0 Å². The minimum Gasteiger partial charge on any atom is -0.496 e. The molecule has 1 rings (SSSR count). The van der Waals surface area contributed by atoms with Gasteiger partial charge in [0.2, 0.25) is 0 Å². The van der Waals surface area contributed by atoms with Crippen LogP contribution in [0, 0.1) is 13.8 Å². The second kappa shape index (κ2) is 4.65. The van der Waals surface area contributed by atoms with E-state index in [-0.39, 0.29) is 0 Å². The number of rotatable bonds is 4. The number of methoxy groups -OCH3 is 1. The Morgan fingerprint density at radius 2 is 1.88 bits per heavy atom. The van der Waals surface area contributed by atoms with Gasteiger partial charge in [0.15, 0.2) is 0 Å². The van der Waals surface area contributed by atoms with Crippen LogP contribution in [0.3, 0.4) is 0 Å². The van der Waals surface area contributed by atoms with Crippen LogP contribution in [0.4, 0.5) is 5.69 Å². The van der Waals surface area contributed by atoms with Crippen molar-refractivity contribution in [2.24, 2.45) is 0 Å². The molecule has 4 nitrogen and oxygen atoms in total. The number of benzene rings is 1. The molecular formula is C13H19NO3. The number of hydrogen-bond donors (Lipinski definition) is 2. The Morgan fingerprint density at radius 3 is 2.35 bits per heavy atom. The summed E-state index contributed by atoms with van der Waals surface area (Å²) in [6.45, 7) is 7.16. The minimum absolute atomic E-state index is 0.807. The number of carbonyl (C=O) groups is 1. The Morgan fingerprint density at radius 1 is 1.29 bits per heavy atom. The number of hydrogen-bond acceptors (Lipinski definition) is 3. The Kier molecular flexibility index (Phi) is 3.66. The maximum Gasteiger partial charge on any atom is 0.328 e. The normalized spacial score (nSPS) is 11.1. The van der Waals surface area contributed by atoms with E-state index in [1.807, 2.05) is 26.0 Å². The quantitative estimate of drug-likeness (QED) is 0.845. The first-order valence-corrected chi connectivity index (χ1v) is 5.45. The zero-order valence-electron chi connectivity index (χ0n) is 10.9. The van der Waals surface area contributed by atoms with Gasteiger partial charge in [0.1, 0.15) is 11.3 Å². The summed E-state index contributed by atoms with van der Waals surface area (Å²) in [6.07, 6.45) is 0. The summed E-state index contributed by atoms with van der Waals surface area (Å²) in [5, 5.41) is 12.1. The molecule has 4 heteroatoms. The zero-order valence-corrected chi connectivity index (χ0v) is 10.9. The molecule has 0 heterocycles. The third-order valence-corrected chi connectivity index (χ3v) is 2.94. The number of nitrogens with one attached hydrogen (secondary N) is 1. The van der Waals surface area contributed by atoms with Crippen molar-refractivity contribution in [2.45, 2.75) is 33.2 Å². The van der Waals surface area contributed by atoms with Crippen molar-refractivity contribution < 1.29 is 14.6 Å². The highest BCUT2D eigenvalue weighted by Crippen LogP contribution is 2.29. The molecule has 0 aliphatic rings. The van der Waals surface area contributed by atoms with Gasteiger partial charge >= 0.3 is 5.97 Å². The molecule has 0 unspecified atom stereocenters.